The highest BCUT2D eigenvalue weighted by atomic mass is 19.1. The minimum Gasteiger partial charge on any atom is -0.366 e. The number of anilines is 1. The van der Waals surface area contributed by atoms with Crippen molar-refractivity contribution in [3.8, 4) is 6.07 Å². The molecule has 0 saturated carbocycles. The first-order chi connectivity index (χ1) is 8.76. The van der Waals surface area contributed by atoms with E-state index in [4.69, 9.17) is 5.26 Å². The summed E-state index contributed by atoms with van der Waals surface area (Å²) in [4.78, 5) is 2.20. The Balaban J connectivity index is 2.29. The third kappa shape index (κ3) is 2.62. The van der Waals surface area contributed by atoms with Gasteiger partial charge in [-0.3, -0.25) is 0 Å². The molecule has 1 aliphatic rings. The van der Waals surface area contributed by atoms with E-state index in [-0.39, 0.29) is 5.82 Å². The van der Waals surface area contributed by atoms with Crippen LogP contribution < -0.4 is 10.2 Å². The Labute approximate surface area is 107 Å². The average molecular weight is 247 g/mol. The highest BCUT2D eigenvalue weighted by Crippen LogP contribution is 2.25. The first-order valence-corrected chi connectivity index (χ1v) is 6.43. The van der Waals surface area contributed by atoms with Gasteiger partial charge in [-0.05, 0) is 44.5 Å². The van der Waals surface area contributed by atoms with Crippen molar-refractivity contribution in [3.63, 3.8) is 0 Å². The van der Waals surface area contributed by atoms with Crippen LogP contribution in [0.2, 0.25) is 0 Å². The molecular weight excluding hydrogens is 229 g/mol. The number of nitriles is 1. The number of nitrogens with one attached hydrogen (secondary N) is 1. The molecule has 1 unspecified atom stereocenters. The van der Waals surface area contributed by atoms with Gasteiger partial charge in [-0.15, -0.1) is 0 Å². The minimum atomic E-state index is -0.354. The van der Waals surface area contributed by atoms with Crippen molar-refractivity contribution in [2.75, 3.05) is 24.5 Å². The first-order valence-electron chi connectivity index (χ1n) is 6.43. The summed E-state index contributed by atoms with van der Waals surface area (Å²) in [7, 11) is 0. The maximum atomic E-state index is 13.2. The van der Waals surface area contributed by atoms with Gasteiger partial charge in [0.25, 0.3) is 0 Å². The molecule has 0 radical (unpaired) electrons. The molecule has 1 N–H and O–H groups in total. The number of halogens is 1. The van der Waals surface area contributed by atoms with Gasteiger partial charge in [0.05, 0.1) is 11.3 Å². The lowest BCUT2D eigenvalue weighted by atomic mass is 10.0. The van der Waals surface area contributed by atoms with Gasteiger partial charge in [0.1, 0.15) is 11.9 Å². The van der Waals surface area contributed by atoms with Crippen LogP contribution in [0.5, 0.6) is 0 Å². The zero-order valence-electron chi connectivity index (χ0n) is 10.6. The third-order valence-corrected chi connectivity index (χ3v) is 3.44. The third-order valence-electron chi connectivity index (χ3n) is 3.44. The molecular formula is C14H18FN3. The summed E-state index contributed by atoms with van der Waals surface area (Å²) in [5.41, 5.74) is 1.26. The quantitative estimate of drug-likeness (QED) is 0.890. The van der Waals surface area contributed by atoms with E-state index in [9.17, 15) is 4.39 Å². The van der Waals surface area contributed by atoms with Crippen LogP contribution in [0.1, 0.15) is 25.3 Å². The highest BCUT2D eigenvalue weighted by Gasteiger charge is 2.22. The van der Waals surface area contributed by atoms with E-state index in [1.165, 1.54) is 12.1 Å². The summed E-state index contributed by atoms with van der Waals surface area (Å²) in [6.07, 6.45) is 2.26. The molecule has 3 nitrogen and oxygen atoms in total. The maximum Gasteiger partial charge on any atom is 0.124 e. The Kier molecular flexibility index (Phi) is 4.16. The molecule has 0 aromatic heterocycles. The molecule has 1 saturated heterocycles. The molecule has 4 heteroatoms. The van der Waals surface area contributed by atoms with Crippen molar-refractivity contribution in [1.82, 2.24) is 5.32 Å². The normalized spacial score (nSPS) is 19.3. The zero-order chi connectivity index (χ0) is 13.0. The van der Waals surface area contributed by atoms with Gasteiger partial charge in [-0.2, -0.15) is 5.26 Å². The topological polar surface area (TPSA) is 39.1 Å². The van der Waals surface area contributed by atoms with E-state index in [1.807, 2.05) is 0 Å². The van der Waals surface area contributed by atoms with Crippen molar-refractivity contribution in [2.45, 2.75) is 25.8 Å². The fourth-order valence-corrected chi connectivity index (χ4v) is 2.57. The SMILES string of the molecule is CCN(c1ccc(F)cc1C#N)C1CCCNC1. The zero-order valence-corrected chi connectivity index (χ0v) is 10.6. The van der Waals surface area contributed by atoms with Gasteiger partial charge in [0.15, 0.2) is 0 Å². The fourth-order valence-electron chi connectivity index (χ4n) is 2.57. The van der Waals surface area contributed by atoms with Gasteiger partial charge in [0, 0.05) is 19.1 Å². The molecule has 2 rings (SSSR count). The summed E-state index contributed by atoms with van der Waals surface area (Å²) in [6.45, 7) is 4.88. The molecule has 1 heterocycles. The molecule has 1 aromatic carbocycles. The molecule has 96 valence electrons. The van der Waals surface area contributed by atoms with Crippen molar-refractivity contribution < 1.29 is 4.39 Å². The van der Waals surface area contributed by atoms with Crippen LogP contribution in [0.25, 0.3) is 0 Å². The van der Waals surface area contributed by atoms with E-state index >= 15 is 0 Å². The van der Waals surface area contributed by atoms with Gasteiger partial charge >= 0.3 is 0 Å². The number of piperidine rings is 1. The van der Waals surface area contributed by atoms with Crippen LogP contribution in [0.3, 0.4) is 0 Å². The predicted octanol–water partition coefficient (Wildman–Crippen LogP) is 2.28. The molecule has 1 fully saturated rings. The number of hydrogen-bond donors (Lipinski definition) is 1. The van der Waals surface area contributed by atoms with Gasteiger partial charge in [0.2, 0.25) is 0 Å². The predicted molar refractivity (Wildman–Crippen MR) is 70.0 cm³/mol. The lowest BCUT2D eigenvalue weighted by Gasteiger charge is -2.36. The smallest absolute Gasteiger partial charge is 0.124 e. The summed E-state index contributed by atoms with van der Waals surface area (Å²) < 4.78 is 13.2. The van der Waals surface area contributed by atoms with Crippen LogP contribution in [0.4, 0.5) is 10.1 Å². The second kappa shape index (κ2) is 5.83. The molecule has 18 heavy (non-hydrogen) atoms. The van der Waals surface area contributed by atoms with E-state index in [2.05, 4.69) is 23.2 Å². The lowest BCUT2D eigenvalue weighted by molar-refractivity contribution is 0.435. The van der Waals surface area contributed by atoms with E-state index in [0.29, 0.717) is 11.6 Å². The Bertz CT molecular complexity index is 447. The number of hydrogen-bond acceptors (Lipinski definition) is 3. The molecule has 0 spiro atoms. The monoisotopic (exact) mass is 247 g/mol. The van der Waals surface area contributed by atoms with Crippen molar-refractivity contribution in [3.05, 3.63) is 29.6 Å². The summed E-state index contributed by atoms with van der Waals surface area (Å²) in [5.74, 6) is -0.354. The van der Waals surface area contributed by atoms with Crippen LogP contribution in [-0.4, -0.2) is 25.7 Å². The number of likely N-dealkylation sites (N-methyl/N-ethyl adjacent to an activating group) is 1. The van der Waals surface area contributed by atoms with Crippen molar-refractivity contribution in [1.29, 1.82) is 5.26 Å². The molecule has 0 amide bonds. The fraction of sp³-hybridized carbons (Fsp3) is 0.500. The summed E-state index contributed by atoms with van der Waals surface area (Å²) in [6, 6.07) is 6.93. The second-order valence-corrected chi connectivity index (χ2v) is 4.56. The number of benzene rings is 1. The molecule has 0 bridgehead atoms. The van der Waals surface area contributed by atoms with Crippen LogP contribution in [-0.2, 0) is 0 Å². The number of nitrogens with zero attached hydrogens (tertiary/aromatic N) is 2. The van der Waals surface area contributed by atoms with Crippen molar-refractivity contribution >= 4 is 5.69 Å². The molecule has 0 aliphatic carbocycles. The van der Waals surface area contributed by atoms with Crippen molar-refractivity contribution in [2.24, 2.45) is 0 Å². The van der Waals surface area contributed by atoms with E-state index < -0.39 is 0 Å². The molecule has 1 aliphatic heterocycles. The Hall–Kier alpha value is -1.60. The average Bonchev–Trinajstić information content (AvgIpc) is 2.42. The van der Waals surface area contributed by atoms with E-state index in [1.54, 1.807) is 6.07 Å². The second-order valence-electron chi connectivity index (χ2n) is 4.56. The van der Waals surface area contributed by atoms with Gasteiger partial charge < -0.3 is 10.2 Å². The highest BCUT2D eigenvalue weighted by molar-refractivity contribution is 5.60. The Morgan fingerprint density at radius 3 is 3.00 bits per heavy atom. The minimum absolute atomic E-state index is 0.354. The van der Waals surface area contributed by atoms with Gasteiger partial charge in [-0.25, -0.2) is 4.39 Å². The van der Waals surface area contributed by atoms with Crippen LogP contribution in [0.15, 0.2) is 18.2 Å². The summed E-state index contributed by atoms with van der Waals surface area (Å²) >= 11 is 0. The summed E-state index contributed by atoms with van der Waals surface area (Å²) in [5, 5.41) is 12.5. The molecule has 1 atom stereocenters. The maximum absolute atomic E-state index is 13.2. The standard InChI is InChI=1S/C14H18FN3/c1-2-18(13-4-3-7-17-10-13)14-6-5-12(15)8-11(14)9-16/h5-6,8,13,17H,2-4,7,10H2,1H3. The Morgan fingerprint density at radius 2 is 2.39 bits per heavy atom. The van der Waals surface area contributed by atoms with E-state index in [0.717, 1.165) is 38.2 Å². The lowest BCUT2D eigenvalue weighted by Crippen LogP contribution is -2.46. The first kappa shape index (κ1) is 12.8. The van der Waals surface area contributed by atoms with Crippen LogP contribution >= 0.6 is 0 Å². The number of rotatable bonds is 3. The largest absolute Gasteiger partial charge is 0.366 e. The van der Waals surface area contributed by atoms with Gasteiger partial charge in [-0.1, -0.05) is 0 Å². The Morgan fingerprint density at radius 1 is 1.56 bits per heavy atom. The molecule has 1 aromatic rings. The van der Waals surface area contributed by atoms with Crippen LogP contribution in [0, 0.1) is 17.1 Å².